The molecule has 0 saturated carbocycles. The van der Waals surface area contributed by atoms with Gasteiger partial charge >= 0.3 is 0 Å². The van der Waals surface area contributed by atoms with Gasteiger partial charge in [0.25, 0.3) is 0 Å². The number of benzene rings is 1. The fourth-order valence-electron chi connectivity index (χ4n) is 2.65. The zero-order chi connectivity index (χ0) is 18.5. The van der Waals surface area contributed by atoms with Gasteiger partial charge in [-0.05, 0) is 47.5 Å². The van der Waals surface area contributed by atoms with E-state index in [4.69, 9.17) is 9.47 Å². The fraction of sp³-hybridized carbons (Fsp3) is 0.0952. The third-order valence-electron chi connectivity index (χ3n) is 4.07. The molecule has 0 bridgehead atoms. The predicted molar refractivity (Wildman–Crippen MR) is 101 cm³/mol. The second-order valence-corrected chi connectivity index (χ2v) is 5.96. The summed E-state index contributed by atoms with van der Waals surface area (Å²) < 4.78 is 10.6. The van der Waals surface area contributed by atoms with Crippen LogP contribution in [0.1, 0.15) is 11.1 Å². The predicted octanol–water partition coefficient (Wildman–Crippen LogP) is 3.20. The lowest BCUT2D eigenvalue weighted by Crippen LogP contribution is -2.20. The molecule has 134 valence electrons. The Morgan fingerprint density at radius 1 is 1.11 bits per heavy atom. The summed E-state index contributed by atoms with van der Waals surface area (Å²) in [6, 6.07) is 13.2. The Morgan fingerprint density at radius 3 is 2.85 bits per heavy atom. The lowest BCUT2D eigenvalue weighted by Gasteiger charge is -2.04. The molecular weight excluding hydrogens is 342 g/mol. The Kier molecular flexibility index (Phi) is 4.78. The summed E-state index contributed by atoms with van der Waals surface area (Å²) in [5, 5.41) is 2.85. The van der Waals surface area contributed by atoms with Gasteiger partial charge in [0, 0.05) is 36.8 Å². The number of nitrogens with one attached hydrogen (secondary N) is 1. The molecule has 0 atom stereocenters. The summed E-state index contributed by atoms with van der Waals surface area (Å²) in [4.78, 5) is 20.5. The molecule has 1 aliphatic rings. The number of amides is 1. The largest absolute Gasteiger partial charge is 0.454 e. The highest BCUT2D eigenvalue weighted by Gasteiger charge is 2.12. The van der Waals surface area contributed by atoms with Crippen LogP contribution in [0.4, 0.5) is 0 Å². The molecule has 1 amide bonds. The van der Waals surface area contributed by atoms with E-state index in [1.807, 2.05) is 42.5 Å². The van der Waals surface area contributed by atoms with Gasteiger partial charge in [-0.3, -0.25) is 14.8 Å². The maximum Gasteiger partial charge on any atom is 0.244 e. The van der Waals surface area contributed by atoms with Crippen LogP contribution in [0.25, 0.3) is 17.3 Å². The number of carbonyl (C=O) groups excluding carboxylic acids is 1. The van der Waals surface area contributed by atoms with Crippen LogP contribution >= 0.6 is 0 Å². The normalized spacial score (nSPS) is 12.3. The minimum Gasteiger partial charge on any atom is -0.454 e. The van der Waals surface area contributed by atoms with Crippen LogP contribution in [0.5, 0.6) is 11.5 Å². The maximum atomic E-state index is 12.0. The first-order valence-electron chi connectivity index (χ1n) is 8.49. The van der Waals surface area contributed by atoms with Crippen molar-refractivity contribution >= 4 is 12.0 Å². The highest BCUT2D eigenvalue weighted by Crippen LogP contribution is 2.32. The molecule has 6 heteroatoms. The van der Waals surface area contributed by atoms with Gasteiger partial charge in [-0.1, -0.05) is 12.1 Å². The van der Waals surface area contributed by atoms with E-state index in [1.54, 1.807) is 24.7 Å². The molecule has 0 spiro atoms. The number of pyridine rings is 2. The van der Waals surface area contributed by atoms with E-state index in [1.165, 1.54) is 6.08 Å². The van der Waals surface area contributed by atoms with E-state index in [0.29, 0.717) is 12.3 Å². The monoisotopic (exact) mass is 359 g/mol. The van der Waals surface area contributed by atoms with Gasteiger partial charge in [0.2, 0.25) is 12.7 Å². The van der Waals surface area contributed by atoms with Gasteiger partial charge in [0.05, 0.1) is 5.69 Å². The van der Waals surface area contributed by atoms with Crippen LogP contribution in [0.2, 0.25) is 0 Å². The number of nitrogens with zero attached hydrogens (tertiary/aromatic N) is 2. The van der Waals surface area contributed by atoms with Crippen molar-refractivity contribution in [2.45, 2.75) is 6.54 Å². The highest BCUT2D eigenvalue weighted by atomic mass is 16.7. The van der Waals surface area contributed by atoms with E-state index < -0.39 is 0 Å². The molecule has 0 fully saturated rings. The summed E-state index contributed by atoms with van der Waals surface area (Å²) in [6.45, 7) is 0.640. The molecule has 0 radical (unpaired) electrons. The molecule has 4 rings (SSSR count). The van der Waals surface area contributed by atoms with E-state index >= 15 is 0 Å². The molecule has 2 aromatic heterocycles. The Hall–Kier alpha value is -3.67. The number of hydrogen-bond donors (Lipinski definition) is 1. The second-order valence-electron chi connectivity index (χ2n) is 5.96. The number of aromatic nitrogens is 2. The quantitative estimate of drug-likeness (QED) is 0.708. The first-order chi connectivity index (χ1) is 13.3. The Morgan fingerprint density at radius 2 is 2.04 bits per heavy atom. The Labute approximate surface area is 156 Å². The molecule has 0 aliphatic carbocycles. The lowest BCUT2D eigenvalue weighted by molar-refractivity contribution is -0.116. The van der Waals surface area contributed by atoms with E-state index in [0.717, 1.165) is 28.1 Å². The van der Waals surface area contributed by atoms with Crippen molar-refractivity contribution in [3.05, 3.63) is 78.3 Å². The molecule has 0 unspecified atom stereocenters. The van der Waals surface area contributed by atoms with E-state index in [9.17, 15) is 4.79 Å². The molecule has 1 aliphatic heterocycles. The number of ether oxygens (including phenoxy) is 2. The van der Waals surface area contributed by atoms with Crippen LogP contribution in [-0.4, -0.2) is 22.7 Å². The van der Waals surface area contributed by atoms with Crippen molar-refractivity contribution in [1.29, 1.82) is 0 Å². The maximum absolute atomic E-state index is 12.0. The Bertz CT molecular complexity index is 970. The summed E-state index contributed by atoms with van der Waals surface area (Å²) in [5.41, 5.74) is 3.60. The number of hydrogen-bond acceptors (Lipinski definition) is 5. The second kappa shape index (κ2) is 7.70. The van der Waals surface area contributed by atoms with Crippen molar-refractivity contribution in [2.24, 2.45) is 0 Å². The minimum atomic E-state index is -0.177. The van der Waals surface area contributed by atoms with Crippen molar-refractivity contribution in [2.75, 3.05) is 6.79 Å². The summed E-state index contributed by atoms with van der Waals surface area (Å²) in [6.07, 6.45) is 8.48. The van der Waals surface area contributed by atoms with Crippen LogP contribution in [0, 0.1) is 0 Å². The van der Waals surface area contributed by atoms with Crippen molar-refractivity contribution in [3.63, 3.8) is 0 Å². The molecule has 1 aromatic carbocycles. The Balaban J connectivity index is 1.32. The molecular formula is C21H17N3O3. The first-order valence-corrected chi connectivity index (χ1v) is 8.49. The fourth-order valence-corrected chi connectivity index (χ4v) is 2.65. The van der Waals surface area contributed by atoms with Crippen molar-refractivity contribution in [3.8, 4) is 22.8 Å². The van der Waals surface area contributed by atoms with Crippen LogP contribution < -0.4 is 14.8 Å². The van der Waals surface area contributed by atoms with Gasteiger partial charge in [0.15, 0.2) is 11.5 Å². The summed E-state index contributed by atoms with van der Waals surface area (Å²) in [5.74, 6) is 1.24. The smallest absolute Gasteiger partial charge is 0.244 e. The third-order valence-corrected chi connectivity index (χ3v) is 4.07. The molecule has 3 heterocycles. The first kappa shape index (κ1) is 16.8. The van der Waals surface area contributed by atoms with Crippen LogP contribution in [0.15, 0.2) is 67.1 Å². The van der Waals surface area contributed by atoms with Gasteiger partial charge in [-0.25, -0.2) is 0 Å². The van der Waals surface area contributed by atoms with E-state index in [2.05, 4.69) is 15.3 Å². The van der Waals surface area contributed by atoms with Crippen LogP contribution in [-0.2, 0) is 11.3 Å². The third kappa shape index (κ3) is 4.12. The number of carbonyl (C=O) groups is 1. The molecule has 6 nitrogen and oxygen atoms in total. The minimum absolute atomic E-state index is 0.177. The van der Waals surface area contributed by atoms with Gasteiger partial charge in [0.1, 0.15) is 0 Å². The van der Waals surface area contributed by atoms with Gasteiger partial charge in [-0.15, -0.1) is 0 Å². The van der Waals surface area contributed by atoms with Gasteiger partial charge < -0.3 is 14.8 Å². The topological polar surface area (TPSA) is 73.3 Å². The van der Waals surface area contributed by atoms with Crippen molar-refractivity contribution in [1.82, 2.24) is 15.3 Å². The summed E-state index contributed by atoms with van der Waals surface area (Å²) >= 11 is 0. The number of fused-ring (bicyclic) bond motifs is 1. The molecule has 1 N–H and O–H groups in total. The number of rotatable bonds is 5. The molecule has 3 aromatic rings. The lowest BCUT2D eigenvalue weighted by atomic mass is 10.1. The van der Waals surface area contributed by atoms with Crippen molar-refractivity contribution < 1.29 is 14.3 Å². The van der Waals surface area contributed by atoms with Crippen LogP contribution in [0.3, 0.4) is 0 Å². The summed E-state index contributed by atoms with van der Waals surface area (Å²) in [7, 11) is 0. The zero-order valence-electron chi connectivity index (χ0n) is 14.5. The molecule has 27 heavy (non-hydrogen) atoms. The highest BCUT2D eigenvalue weighted by molar-refractivity contribution is 5.91. The average molecular weight is 359 g/mol. The standard InChI is InChI=1S/C21H17N3O3/c25-21(8-5-15-4-7-19-20(10-15)27-14-26-19)24-12-16-3-6-18(23-11-16)17-2-1-9-22-13-17/h1-11,13H,12,14H2,(H,24,25)/b8-5+. The zero-order valence-corrected chi connectivity index (χ0v) is 14.5. The average Bonchev–Trinajstić information content (AvgIpc) is 3.19. The van der Waals surface area contributed by atoms with Gasteiger partial charge in [-0.2, -0.15) is 0 Å². The SMILES string of the molecule is O=C(/C=C/c1ccc2c(c1)OCO2)NCc1ccc(-c2cccnc2)nc1. The van der Waals surface area contributed by atoms with E-state index in [-0.39, 0.29) is 12.7 Å². The molecule has 0 saturated heterocycles.